The van der Waals surface area contributed by atoms with Gasteiger partial charge in [-0.05, 0) is 47.4 Å². The largest absolute Gasteiger partial charge is 0.573 e. The average Bonchev–Trinajstić information content (AvgIpc) is 2.75. The lowest BCUT2D eigenvalue weighted by Crippen LogP contribution is -2.19. The first-order valence-corrected chi connectivity index (χ1v) is 9.69. The average molecular weight is 472 g/mol. The fourth-order valence-electron chi connectivity index (χ4n) is 3.17. The van der Waals surface area contributed by atoms with E-state index in [0.29, 0.717) is 11.1 Å². The first-order valence-electron chi connectivity index (χ1n) is 9.69. The van der Waals surface area contributed by atoms with Gasteiger partial charge in [0.05, 0.1) is 0 Å². The normalized spacial score (nSPS) is 12.5. The quantitative estimate of drug-likeness (QED) is 0.259. The Balaban J connectivity index is 1.93. The minimum atomic E-state index is -5.40. The molecule has 0 saturated heterocycles. The van der Waals surface area contributed by atoms with Gasteiger partial charge in [0.1, 0.15) is 5.82 Å². The van der Waals surface area contributed by atoms with Crippen LogP contribution in [0.1, 0.15) is 30.0 Å². The molecule has 0 bridgehead atoms. The Bertz CT molecular complexity index is 1160. The molecular formula is C24H16F8O. The Morgan fingerprint density at radius 1 is 0.758 bits per heavy atom. The van der Waals surface area contributed by atoms with Crippen molar-refractivity contribution < 1.29 is 39.9 Å². The maximum absolute atomic E-state index is 14.6. The molecule has 0 aliphatic carbocycles. The summed E-state index contributed by atoms with van der Waals surface area (Å²) in [6.45, 7) is 2.02. The molecule has 0 heterocycles. The number of ether oxygens (including phenoxy) is 1. The zero-order chi connectivity index (χ0) is 24.3. The van der Waals surface area contributed by atoms with Crippen LogP contribution in [0.4, 0.5) is 35.1 Å². The van der Waals surface area contributed by atoms with Gasteiger partial charge in [-0.3, -0.25) is 0 Å². The van der Waals surface area contributed by atoms with Crippen LogP contribution in [0.15, 0.2) is 54.6 Å². The van der Waals surface area contributed by atoms with Crippen molar-refractivity contribution in [3.05, 3.63) is 88.7 Å². The van der Waals surface area contributed by atoms with Crippen molar-refractivity contribution in [2.24, 2.45) is 0 Å². The molecular weight excluding hydrogens is 456 g/mol. The number of alkyl halides is 3. The van der Waals surface area contributed by atoms with Crippen molar-refractivity contribution in [2.45, 2.75) is 26.1 Å². The van der Waals surface area contributed by atoms with E-state index < -0.39 is 52.3 Å². The van der Waals surface area contributed by atoms with Crippen LogP contribution in [0.2, 0.25) is 0 Å². The van der Waals surface area contributed by atoms with Crippen molar-refractivity contribution in [2.75, 3.05) is 0 Å². The number of benzene rings is 3. The highest BCUT2D eigenvalue weighted by atomic mass is 19.4. The van der Waals surface area contributed by atoms with E-state index in [2.05, 4.69) is 4.74 Å². The first-order chi connectivity index (χ1) is 15.5. The lowest BCUT2D eigenvalue weighted by atomic mass is 10.00. The molecule has 0 amide bonds. The Hall–Kier alpha value is -3.36. The number of hydrogen-bond acceptors (Lipinski definition) is 1. The maximum atomic E-state index is 14.6. The number of hydrogen-bond donors (Lipinski definition) is 0. The van der Waals surface area contributed by atoms with Gasteiger partial charge in [-0.15, -0.1) is 13.2 Å². The third-order valence-electron chi connectivity index (χ3n) is 4.69. The van der Waals surface area contributed by atoms with Gasteiger partial charge in [-0.2, -0.15) is 0 Å². The molecule has 0 atom stereocenters. The van der Waals surface area contributed by atoms with Gasteiger partial charge in [-0.25, -0.2) is 22.0 Å². The second-order valence-electron chi connectivity index (χ2n) is 7.09. The van der Waals surface area contributed by atoms with E-state index in [4.69, 9.17) is 0 Å². The molecule has 0 fully saturated rings. The smallest absolute Gasteiger partial charge is 0.399 e. The predicted molar refractivity (Wildman–Crippen MR) is 108 cm³/mol. The third kappa shape index (κ3) is 5.71. The fourth-order valence-corrected chi connectivity index (χ4v) is 3.17. The van der Waals surface area contributed by atoms with Crippen molar-refractivity contribution in [3.8, 4) is 16.9 Å². The molecule has 0 aliphatic heterocycles. The second-order valence-corrected chi connectivity index (χ2v) is 7.09. The van der Waals surface area contributed by atoms with Crippen molar-refractivity contribution in [1.29, 1.82) is 0 Å². The summed E-state index contributed by atoms with van der Waals surface area (Å²) in [5, 5.41) is 0. The summed E-state index contributed by atoms with van der Waals surface area (Å²) in [6, 6.07) is 10.7. The molecule has 33 heavy (non-hydrogen) atoms. The highest BCUT2D eigenvalue weighted by molar-refractivity contribution is 5.84. The molecule has 3 aromatic carbocycles. The molecule has 9 heteroatoms. The third-order valence-corrected chi connectivity index (χ3v) is 4.69. The standard InChI is InChI=1S/C24H16F8O/c1-2-3-13-4-6-14(7-5-13)15-8-9-17(18(25)10-15)22(29)21(28)16-11-19(26)23(20(27)12-16)33-24(30,31)32/h4-12H,2-3H2,1H3/b22-21+. The van der Waals surface area contributed by atoms with E-state index in [-0.39, 0.29) is 12.1 Å². The molecule has 3 aromatic rings. The summed E-state index contributed by atoms with van der Waals surface area (Å²) in [4.78, 5) is 0. The van der Waals surface area contributed by atoms with Gasteiger partial charge >= 0.3 is 6.36 Å². The Morgan fingerprint density at radius 3 is 1.85 bits per heavy atom. The fraction of sp³-hybridized carbons (Fsp3) is 0.167. The van der Waals surface area contributed by atoms with E-state index in [9.17, 15) is 35.1 Å². The second kappa shape index (κ2) is 9.64. The van der Waals surface area contributed by atoms with Crippen molar-refractivity contribution >= 4 is 11.7 Å². The molecule has 1 nitrogen and oxygen atoms in total. The number of halogens is 8. The van der Waals surface area contributed by atoms with E-state index in [1.54, 1.807) is 12.1 Å². The zero-order valence-electron chi connectivity index (χ0n) is 17.0. The molecule has 0 spiro atoms. The Morgan fingerprint density at radius 2 is 1.33 bits per heavy atom. The molecule has 0 aliphatic rings. The van der Waals surface area contributed by atoms with Crippen LogP contribution in [0, 0.1) is 17.5 Å². The lowest BCUT2D eigenvalue weighted by Gasteiger charge is -2.12. The lowest BCUT2D eigenvalue weighted by molar-refractivity contribution is -0.276. The molecule has 174 valence electrons. The summed E-state index contributed by atoms with van der Waals surface area (Å²) < 4.78 is 111. The number of aryl methyl sites for hydroxylation is 1. The van der Waals surface area contributed by atoms with Crippen LogP contribution in [0.5, 0.6) is 5.75 Å². The zero-order valence-corrected chi connectivity index (χ0v) is 17.0. The highest BCUT2D eigenvalue weighted by Crippen LogP contribution is 2.36. The van der Waals surface area contributed by atoms with Gasteiger partial charge in [0, 0.05) is 11.1 Å². The SMILES string of the molecule is CCCc1ccc(-c2ccc(/C(F)=C(\F)c3cc(F)c(OC(F)(F)F)c(F)c3)c(F)c2)cc1. The van der Waals surface area contributed by atoms with Gasteiger partial charge in [-0.1, -0.05) is 43.7 Å². The van der Waals surface area contributed by atoms with Gasteiger partial charge in [0.15, 0.2) is 23.3 Å². The number of rotatable bonds is 6. The molecule has 0 unspecified atom stereocenters. The van der Waals surface area contributed by atoms with Gasteiger partial charge in [0.2, 0.25) is 5.75 Å². The summed E-state index contributed by atoms with van der Waals surface area (Å²) in [5.74, 6) is -10.4. The molecule has 0 aromatic heterocycles. The summed E-state index contributed by atoms with van der Waals surface area (Å²) >= 11 is 0. The Kier molecular flexibility index (Phi) is 7.09. The molecule has 0 radical (unpaired) electrons. The highest BCUT2D eigenvalue weighted by Gasteiger charge is 2.34. The van der Waals surface area contributed by atoms with Gasteiger partial charge < -0.3 is 4.74 Å². The predicted octanol–water partition coefficient (Wildman–Crippen LogP) is 8.39. The maximum Gasteiger partial charge on any atom is 0.573 e. The van der Waals surface area contributed by atoms with Crippen LogP contribution in [-0.2, 0) is 6.42 Å². The Labute approximate surface area is 183 Å². The van der Waals surface area contributed by atoms with Crippen LogP contribution in [-0.4, -0.2) is 6.36 Å². The van der Waals surface area contributed by atoms with E-state index >= 15 is 0 Å². The summed E-state index contributed by atoms with van der Waals surface area (Å²) in [6.07, 6.45) is -3.58. The minimum Gasteiger partial charge on any atom is -0.399 e. The van der Waals surface area contributed by atoms with Crippen LogP contribution >= 0.6 is 0 Å². The molecule has 0 saturated carbocycles. The van der Waals surface area contributed by atoms with Crippen LogP contribution in [0.25, 0.3) is 22.8 Å². The van der Waals surface area contributed by atoms with Crippen LogP contribution < -0.4 is 4.74 Å². The van der Waals surface area contributed by atoms with Gasteiger partial charge in [0.25, 0.3) is 0 Å². The van der Waals surface area contributed by atoms with Crippen molar-refractivity contribution in [1.82, 2.24) is 0 Å². The van der Waals surface area contributed by atoms with E-state index in [1.165, 1.54) is 6.07 Å². The van der Waals surface area contributed by atoms with E-state index in [1.807, 2.05) is 19.1 Å². The summed E-state index contributed by atoms with van der Waals surface area (Å²) in [7, 11) is 0. The molecule has 3 rings (SSSR count). The monoisotopic (exact) mass is 472 g/mol. The topological polar surface area (TPSA) is 9.23 Å². The van der Waals surface area contributed by atoms with Crippen LogP contribution in [0.3, 0.4) is 0 Å². The van der Waals surface area contributed by atoms with Crippen molar-refractivity contribution in [3.63, 3.8) is 0 Å². The van der Waals surface area contributed by atoms with E-state index in [0.717, 1.165) is 30.5 Å². The minimum absolute atomic E-state index is 0.114. The summed E-state index contributed by atoms with van der Waals surface area (Å²) in [5.41, 5.74) is 0.218. The first kappa shape index (κ1) is 24.3. The molecule has 0 N–H and O–H groups in total.